The van der Waals surface area contributed by atoms with Crippen molar-refractivity contribution in [3.63, 3.8) is 0 Å². The van der Waals surface area contributed by atoms with E-state index in [-0.39, 0.29) is 11.5 Å². The SMILES string of the molecule is O=C(C1CCNCC1)N1CC2C[C@@H](C1)c1cccc(=O)n1C2. The number of pyridine rings is 1. The van der Waals surface area contributed by atoms with Crippen LogP contribution in [0.4, 0.5) is 0 Å². The summed E-state index contributed by atoms with van der Waals surface area (Å²) in [6, 6.07) is 5.55. The first kappa shape index (κ1) is 14.0. The van der Waals surface area contributed by atoms with Crippen LogP contribution in [0.15, 0.2) is 23.0 Å². The van der Waals surface area contributed by atoms with Crippen molar-refractivity contribution in [2.24, 2.45) is 11.8 Å². The minimum absolute atomic E-state index is 0.102. The zero-order chi connectivity index (χ0) is 15.1. The quantitative estimate of drug-likeness (QED) is 0.834. The molecule has 1 aromatic heterocycles. The molecular weight excluding hydrogens is 278 g/mol. The van der Waals surface area contributed by atoms with Crippen molar-refractivity contribution >= 4 is 5.91 Å². The fraction of sp³-hybridized carbons (Fsp3) is 0.647. The molecule has 4 heterocycles. The number of amides is 1. The average molecular weight is 301 g/mol. The molecule has 0 aliphatic carbocycles. The van der Waals surface area contributed by atoms with Gasteiger partial charge in [-0.05, 0) is 44.3 Å². The fourth-order valence-electron chi connectivity index (χ4n) is 4.40. The van der Waals surface area contributed by atoms with E-state index in [2.05, 4.69) is 16.3 Å². The number of rotatable bonds is 1. The van der Waals surface area contributed by atoms with Gasteiger partial charge in [0.15, 0.2) is 0 Å². The van der Waals surface area contributed by atoms with E-state index in [1.54, 1.807) is 6.07 Å². The van der Waals surface area contributed by atoms with E-state index in [0.717, 1.165) is 57.7 Å². The predicted molar refractivity (Wildman–Crippen MR) is 83.7 cm³/mol. The van der Waals surface area contributed by atoms with Crippen LogP contribution in [-0.4, -0.2) is 41.6 Å². The first-order valence-corrected chi connectivity index (χ1v) is 8.41. The molecule has 0 radical (unpaired) electrons. The molecule has 5 heteroatoms. The minimum atomic E-state index is 0.102. The van der Waals surface area contributed by atoms with Gasteiger partial charge in [0.1, 0.15) is 0 Å². The molecule has 3 aliphatic rings. The Morgan fingerprint density at radius 2 is 1.95 bits per heavy atom. The summed E-state index contributed by atoms with van der Waals surface area (Å²) in [5.41, 5.74) is 1.22. The van der Waals surface area contributed by atoms with Crippen LogP contribution in [-0.2, 0) is 11.3 Å². The van der Waals surface area contributed by atoms with Crippen molar-refractivity contribution in [2.45, 2.75) is 31.7 Å². The van der Waals surface area contributed by atoms with Crippen LogP contribution in [0.25, 0.3) is 0 Å². The summed E-state index contributed by atoms with van der Waals surface area (Å²) in [5.74, 6) is 1.28. The fourth-order valence-corrected chi connectivity index (χ4v) is 4.40. The summed E-state index contributed by atoms with van der Waals surface area (Å²) in [7, 11) is 0. The molecule has 1 aromatic rings. The highest BCUT2D eigenvalue weighted by Crippen LogP contribution is 2.35. The van der Waals surface area contributed by atoms with Gasteiger partial charge in [-0.3, -0.25) is 9.59 Å². The normalized spacial score (nSPS) is 28.3. The molecule has 2 atom stereocenters. The van der Waals surface area contributed by atoms with E-state index < -0.39 is 0 Å². The molecule has 1 amide bonds. The second-order valence-corrected chi connectivity index (χ2v) is 6.97. The van der Waals surface area contributed by atoms with Crippen LogP contribution in [0, 0.1) is 11.8 Å². The van der Waals surface area contributed by atoms with Crippen LogP contribution >= 0.6 is 0 Å². The van der Waals surface area contributed by atoms with Gasteiger partial charge >= 0.3 is 0 Å². The molecule has 0 spiro atoms. The zero-order valence-corrected chi connectivity index (χ0v) is 12.8. The Bertz CT molecular complexity index is 633. The maximum atomic E-state index is 12.8. The molecule has 22 heavy (non-hydrogen) atoms. The second kappa shape index (κ2) is 5.54. The van der Waals surface area contributed by atoms with E-state index in [0.29, 0.717) is 17.7 Å². The third-order valence-electron chi connectivity index (χ3n) is 5.48. The topological polar surface area (TPSA) is 54.3 Å². The zero-order valence-electron chi connectivity index (χ0n) is 12.8. The van der Waals surface area contributed by atoms with Gasteiger partial charge in [0.05, 0.1) is 0 Å². The molecular formula is C17H23N3O2. The number of hydrogen-bond acceptors (Lipinski definition) is 3. The smallest absolute Gasteiger partial charge is 0.250 e. The molecule has 1 N–H and O–H groups in total. The lowest BCUT2D eigenvalue weighted by atomic mass is 9.82. The lowest BCUT2D eigenvalue weighted by Gasteiger charge is -2.44. The van der Waals surface area contributed by atoms with Crippen LogP contribution < -0.4 is 10.9 Å². The van der Waals surface area contributed by atoms with Gasteiger partial charge < -0.3 is 14.8 Å². The Hall–Kier alpha value is -1.62. The summed E-state index contributed by atoms with van der Waals surface area (Å²) < 4.78 is 1.92. The Kier molecular flexibility index (Phi) is 3.53. The monoisotopic (exact) mass is 301 g/mol. The second-order valence-electron chi connectivity index (χ2n) is 6.97. The van der Waals surface area contributed by atoms with Crippen molar-refractivity contribution in [3.8, 4) is 0 Å². The summed E-state index contributed by atoms with van der Waals surface area (Å²) in [5, 5.41) is 3.32. The van der Waals surface area contributed by atoms with Crippen LogP contribution in [0.5, 0.6) is 0 Å². The standard InChI is InChI=1S/C17H23N3O2/c21-16-3-1-2-15-14-8-12(10-20(15)16)9-19(11-14)17(22)13-4-6-18-7-5-13/h1-3,12-14,18H,4-11H2/t12?,14-/m0/s1. The number of hydrogen-bond donors (Lipinski definition) is 1. The van der Waals surface area contributed by atoms with E-state index in [4.69, 9.17) is 0 Å². The number of aromatic nitrogens is 1. The Morgan fingerprint density at radius 3 is 2.77 bits per heavy atom. The van der Waals surface area contributed by atoms with Gasteiger partial charge in [0.2, 0.25) is 5.91 Å². The molecule has 0 saturated carbocycles. The summed E-state index contributed by atoms with van der Waals surface area (Å²) >= 11 is 0. The lowest BCUT2D eigenvalue weighted by Crippen LogP contribution is -2.51. The summed E-state index contributed by atoms with van der Waals surface area (Å²) in [6.07, 6.45) is 3.03. The number of nitrogens with one attached hydrogen (secondary N) is 1. The number of carbonyl (C=O) groups excluding carboxylic acids is 1. The first-order valence-electron chi connectivity index (χ1n) is 8.41. The van der Waals surface area contributed by atoms with Crippen molar-refractivity contribution in [1.29, 1.82) is 0 Å². The molecule has 3 aliphatic heterocycles. The highest BCUT2D eigenvalue weighted by molar-refractivity contribution is 5.79. The van der Waals surface area contributed by atoms with Gasteiger partial charge in [-0.15, -0.1) is 0 Å². The highest BCUT2D eigenvalue weighted by Gasteiger charge is 2.37. The van der Waals surface area contributed by atoms with E-state index in [1.165, 1.54) is 0 Å². The largest absolute Gasteiger partial charge is 0.341 e. The van der Waals surface area contributed by atoms with Crippen LogP contribution in [0.3, 0.4) is 0 Å². The Labute approximate surface area is 130 Å². The summed E-state index contributed by atoms with van der Waals surface area (Å²) in [6.45, 7) is 4.27. The van der Waals surface area contributed by atoms with Crippen LogP contribution in [0.1, 0.15) is 30.9 Å². The average Bonchev–Trinajstić information content (AvgIpc) is 2.56. The third kappa shape index (κ3) is 2.37. The van der Waals surface area contributed by atoms with Gasteiger partial charge in [0.25, 0.3) is 5.56 Å². The number of fused-ring (bicyclic) bond motifs is 4. The molecule has 4 rings (SSSR count). The van der Waals surface area contributed by atoms with Crippen molar-refractivity contribution in [1.82, 2.24) is 14.8 Å². The molecule has 2 saturated heterocycles. The Balaban J connectivity index is 1.55. The van der Waals surface area contributed by atoms with Gasteiger partial charge in [-0.25, -0.2) is 0 Å². The summed E-state index contributed by atoms with van der Waals surface area (Å²) in [4.78, 5) is 26.9. The van der Waals surface area contributed by atoms with E-state index in [9.17, 15) is 9.59 Å². The number of piperidine rings is 2. The molecule has 2 bridgehead atoms. The molecule has 1 unspecified atom stereocenters. The minimum Gasteiger partial charge on any atom is -0.341 e. The van der Waals surface area contributed by atoms with E-state index in [1.807, 2.05) is 10.6 Å². The first-order chi connectivity index (χ1) is 10.7. The van der Waals surface area contributed by atoms with Crippen LogP contribution in [0.2, 0.25) is 0 Å². The number of carbonyl (C=O) groups is 1. The van der Waals surface area contributed by atoms with Crippen molar-refractivity contribution < 1.29 is 4.79 Å². The predicted octanol–water partition coefficient (Wildman–Crippen LogP) is 0.794. The third-order valence-corrected chi connectivity index (χ3v) is 5.48. The molecule has 2 fully saturated rings. The van der Waals surface area contributed by atoms with Gasteiger partial charge in [-0.2, -0.15) is 0 Å². The van der Waals surface area contributed by atoms with Gasteiger partial charge in [0, 0.05) is 43.2 Å². The highest BCUT2D eigenvalue weighted by atomic mass is 16.2. The van der Waals surface area contributed by atoms with Crippen molar-refractivity contribution in [3.05, 3.63) is 34.2 Å². The lowest BCUT2D eigenvalue weighted by molar-refractivity contribution is -0.139. The maximum Gasteiger partial charge on any atom is 0.250 e. The Morgan fingerprint density at radius 1 is 1.14 bits per heavy atom. The van der Waals surface area contributed by atoms with E-state index >= 15 is 0 Å². The number of likely N-dealkylation sites (tertiary alicyclic amines) is 1. The maximum absolute atomic E-state index is 12.8. The molecule has 0 aromatic carbocycles. The number of nitrogens with zero attached hydrogens (tertiary/aromatic N) is 2. The molecule has 118 valence electrons. The molecule has 5 nitrogen and oxygen atoms in total. The van der Waals surface area contributed by atoms with Crippen molar-refractivity contribution in [2.75, 3.05) is 26.2 Å². The van der Waals surface area contributed by atoms with Gasteiger partial charge in [-0.1, -0.05) is 6.07 Å².